The monoisotopic (exact) mass is 359 g/mol. The number of benzene rings is 1. The average Bonchev–Trinajstić information content (AvgIpc) is 2.46. The third kappa shape index (κ3) is 6.46. The molecule has 0 heterocycles. The molecular weight excluding hydrogens is 341 g/mol. The SMILES string of the molecule is CC(C)NC(=O)CN(C)C(=O)CNC(=O)c1ccc(Cl)c(Cl)c1. The Hall–Kier alpha value is -1.79. The van der Waals surface area contributed by atoms with Crippen LogP contribution in [0.4, 0.5) is 0 Å². The molecule has 23 heavy (non-hydrogen) atoms. The molecule has 126 valence electrons. The number of carbonyl (C=O) groups is 3. The summed E-state index contributed by atoms with van der Waals surface area (Å²) in [6.07, 6.45) is 0. The van der Waals surface area contributed by atoms with Gasteiger partial charge in [-0.25, -0.2) is 0 Å². The van der Waals surface area contributed by atoms with Crippen molar-refractivity contribution in [1.29, 1.82) is 0 Å². The maximum atomic E-state index is 11.9. The number of amides is 3. The molecule has 0 spiro atoms. The predicted octanol–water partition coefficient (Wildman–Crippen LogP) is 1.71. The minimum Gasteiger partial charge on any atom is -0.352 e. The van der Waals surface area contributed by atoms with Crippen molar-refractivity contribution in [3.63, 3.8) is 0 Å². The molecule has 6 nitrogen and oxygen atoms in total. The highest BCUT2D eigenvalue weighted by molar-refractivity contribution is 6.42. The lowest BCUT2D eigenvalue weighted by Gasteiger charge is -2.18. The van der Waals surface area contributed by atoms with Crippen molar-refractivity contribution in [3.8, 4) is 0 Å². The van der Waals surface area contributed by atoms with Gasteiger partial charge in [0.15, 0.2) is 0 Å². The normalized spacial score (nSPS) is 10.3. The molecular formula is C15H19Cl2N3O3. The van der Waals surface area contributed by atoms with E-state index >= 15 is 0 Å². The number of nitrogens with zero attached hydrogens (tertiary/aromatic N) is 1. The maximum Gasteiger partial charge on any atom is 0.251 e. The molecule has 0 atom stereocenters. The molecule has 0 radical (unpaired) electrons. The Labute approximate surface area is 145 Å². The smallest absolute Gasteiger partial charge is 0.251 e. The van der Waals surface area contributed by atoms with E-state index in [1.807, 2.05) is 13.8 Å². The quantitative estimate of drug-likeness (QED) is 0.811. The first-order valence-corrected chi connectivity index (χ1v) is 7.73. The van der Waals surface area contributed by atoms with Crippen LogP contribution in [-0.4, -0.2) is 48.8 Å². The Morgan fingerprint density at radius 3 is 2.39 bits per heavy atom. The van der Waals surface area contributed by atoms with Crippen LogP contribution >= 0.6 is 23.2 Å². The third-order valence-electron chi connectivity index (χ3n) is 2.84. The summed E-state index contributed by atoms with van der Waals surface area (Å²) < 4.78 is 0. The van der Waals surface area contributed by atoms with E-state index in [1.165, 1.54) is 30.1 Å². The summed E-state index contributed by atoms with van der Waals surface area (Å²) in [6.45, 7) is 3.37. The molecule has 0 bridgehead atoms. The molecule has 3 amide bonds. The number of rotatable bonds is 6. The van der Waals surface area contributed by atoms with E-state index in [0.29, 0.717) is 10.6 Å². The highest BCUT2D eigenvalue weighted by atomic mass is 35.5. The van der Waals surface area contributed by atoms with Crippen molar-refractivity contribution in [1.82, 2.24) is 15.5 Å². The fourth-order valence-electron chi connectivity index (χ4n) is 1.70. The van der Waals surface area contributed by atoms with Crippen LogP contribution in [0.1, 0.15) is 24.2 Å². The highest BCUT2D eigenvalue weighted by Crippen LogP contribution is 2.22. The van der Waals surface area contributed by atoms with Crippen molar-refractivity contribution in [2.24, 2.45) is 0 Å². The summed E-state index contributed by atoms with van der Waals surface area (Å²) in [4.78, 5) is 36.7. The first-order valence-electron chi connectivity index (χ1n) is 6.97. The van der Waals surface area contributed by atoms with E-state index in [1.54, 1.807) is 0 Å². The van der Waals surface area contributed by atoms with Gasteiger partial charge in [0, 0.05) is 18.7 Å². The minimum absolute atomic E-state index is 0.000332. The van der Waals surface area contributed by atoms with Gasteiger partial charge in [0.05, 0.1) is 23.1 Å². The summed E-state index contributed by atoms with van der Waals surface area (Å²) in [6, 6.07) is 4.43. The van der Waals surface area contributed by atoms with Crippen molar-refractivity contribution in [3.05, 3.63) is 33.8 Å². The van der Waals surface area contributed by atoms with Crippen LogP contribution in [0.2, 0.25) is 10.0 Å². The van der Waals surface area contributed by atoms with Crippen LogP contribution in [-0.2, 0) is 9.59 Å². The predicted molar refractivity (Wildman–Crippen MR) is 89.7 cm³/mol. The number of likely N-dealkylation sites (N-methyl/N-ethyl adjacent to an activating group) is 1. The molecule has 2 N–H and O–H groups in total. The minimum atomic E-state index is -0.447. The van der Waals surface area contributed by atoms with E-state index in [9.17, 15) is 14.4 Å². The van der Waals surface area contributed by atoms with Gasteiger partial charge in [-0.05, 0) is 32.0 Å². The fraction of sp³-hybridized carbons (Fsp3) is 0.400. The van der Waals surface area contributed by atoms with Gasteiger partial charge in [-0.3, -0.25) is 14.4 Å². The number of nitrogens with one attached hydrogen (secondary N) is 2. The summed E-state index contributed by atoms with van der Waals surface area (Å²) in [5, 5.41) is 5.76. The largest absolute Gasteiger partial charge is 0.352 e. The number of hydrogen-bond donors (Lipinski definition) is 2. The Kier molecular flexibility index (Phi) is 7.32. The molecule has 0 saturated heterocycles. The standard InChI is InChI=1S/C15H19Cl2N3O3/c1-9(2)19-13(21)8-20(3)14(22)7-18-15(23)10-4-5-11(16)12(17)6-10/h4-6,9H,7-8H2,1-3H3,(H,18,23)(H,19,21). The van der Waals surface area contributed by atoms with E-state index in [4.69, 9.17) is 23.2 Å². The molecule has 0 aliphatic heterocycles. The van der Waals surface area contributed by atoms with Gasteiger partial charge < -0.3 is 15.5 Å². The fourth-order valence-corrected chi connectivity index (χ4v) is 2.00. The molecule has 1 aromatic rings. The van der Waals surface area contributed by atoms with Gasteiger partial charge in [0.1, 0.15) is 0 Å². The molecule has 0 saturated carbocycles. The van der Waals surface area contributed by atoms with Gasteiger partial charge in [-0.15, -0.1) is 0 Å². The second-order valence-electron chi connectivity index (χ2n) is 5.28. The number of hydrogen-bond acceptors (Lipinski definition) is 3. The van der Waals surface area contributed by atoms with E-state index in [-0.39, 0.29) is 36.0 Å². The Balaban J connectivity index is 2.50. The van der Waals surface area contributed by atoms with Crippen molar-refractivity contribution in [2.75, 3.05) is 20.1 Å². The third-order valence-corrected chi connectivity index (χ3v) is 3.58. The molecule has 0 unspecified atom stereocenters. The van der Waals surface area contributed by atoms with Gasteiger partial charge in [0.2, 0.25) is 11.8 Å². The zero-order valence-electron chi connectivity index (χ0n) is 13.2. The molecule has 0 aromatic heterocycles. The molecule has 1 rings (SSSR count). The topological polar surface area (TPSA) is 78.5 Å². The van der Waals surface area contributed by atoms with Crippen molar-refractivity contribution < 1.29 is 14.4 Å². The van der Waals surface area contributed by atoms with Crippen LogP contribution in [0.25, 0.3) is 0 Å². The molecule has 8 heteroatoms. The molecule has 0 aliphatic rings. The molecule has 0 aliphatic carbocycles. The first kappa shape index (κ1) is 19.3. The lowest BCUT2D eigenvalue weighted by Crippen LogP contribution is -2.44. The Morgan fingerprint density at radius 2 is 1.83 bits per heavy atom. The molecule has 1 aromatic carbocycles. The maximum absolute atomic E-state index is 11.9. The van der Waals surface area contributed by atoms with Crippen LogP contribution in [0, 0.1) is 0 Å². The number of carbonyl (C=O) groups excluding carboxylic acids is 3. The second-order valence-corrected chi connectivity index (χ2v) is 6.10. The first-order chi connectivity index (χ1) is 10.7. The van der Waals surface area contributed by atoms with Gasteiger partial charge in [-0.2, -0.15) is 0 Å². The van der Waals surface area contributed by atoms with Crippen LogP contribution in [0.5, 0.6) is 0 Å². The lowest BCUT2D eigenvalue weighted by atomic mass is 10.2. The highest BCUT2D eigenvalue weighted by Gasteiger charge is 2.15. The number of halogens is 2. The Bertz CT molecular complexity index is 606. The Morgan fingerprint density at radius 1 is 1.17 bits per heavy atom. The summed E-state index contributed by atoms with van der Waals surface area (Å²) in [5.41, 5.74) is 0.299. The van der Waals surface area contributed by atoms with Gasteiger partial charge in [0.25, 0.3) is 5.91 Å². The summed E-state index contributed by atoms with van der Waals surface area (Å²) in [5.74, 6) is -1.08. The van der Waals surface area contributed by atoms with Crippen molar-refractivity contribution >= 4 is 40.9 Å². The van der Waals surface area contributed by atoms with Crippen LogP contribution < -0.4 is 10.6 Å². The van der Waals surface area contributed by atoms with Gasteiger partial charge in [-0.1, -0.05) is 23.2 Å². The molecule has 0 fully saturated rings. The van der Waals surface area contributed by atoms with E-state index in [2.05, 4.69) is 10.6 Å². The van der Waals surface area contributed by atoms with Crippen LogP contribution in [0.15, 0.2) is 18.2 Å². The summed E-state index contributed by atoms with van der Waals surface area (Å²) in [7, 11) is 1.49. The zero-order chi connectivity index (χ0) is 17.6. The van der Waals surface area contributed by atoms with Crippen molar-refractivity contribution in [2.45, 2.75) is 19.9 Å². The van der Waals surface area contributed by atoms with E-state index in [0.717, 1.165) is 0 Å². The average molecular weight is 360 g/mol. The lowest BCUT2D eigenvalue weighted by molar-refractivity contribution is -0.134. The van der Waals surface area contributed by atoms with Gasteiger partial charge >= 0.3 is 0 Å². The van der Waals surface area contributed by atoms with Crippen LogP contribution in [0.3, 0.4) is 0 Å². The summed E-state index contributed by atoms with van der Waals surface area (Å²) >= 11 is 11.6. The second kappa shape index (κ2) is 8.74. The zero-order valence-corrected chi connectivity index (χ0v) is 14.7. The van der Waals surface area contributed by atoms with E-state index < -0.39 is 5.91 Å².